The van der Waals surface area contributed by atoms with E-state index in [1.54, 1.807) is 25.6 Å². The van der Waals surface area contributed by atoms with Crippen molar-refractivity contribution in [3.8, 4) is 17.0 Å². The van der Waals surface area contributed by atoms with Crippen LogP contribution < -0.4 is 10.3 Å². The Morgan fingerprint density at radius 1 is 1.21 bits per heavy atom. The summed E-state index contributed by atoms with van der Waals surface area (Å²) in [6.07, 6.45) is 5.54. The Labute approximate surface area is 164 Å². The van der Waals surface area contributed by atoms with Crippen LogP contribution >= 0.6 is 0 Å². The highest BCUT2D eigenvalue weighted by atomic mass is 16.5. The van der Waals surface area contributed by atoms with E-state index in [1.807, 2.05) is 24.3 Å². The number of nitrogens with one attached hydrogen (secondary N) is 1. The van der Waals surface area contributed by atoms with E-state index in [0.29, 0.717) is 5.69 Å². The molecule has 1 fully saturated rings. The van der Waals surface area contributed by atoms with Crippen LogP contribution in [0.4, 0.5) is 0 Å². The second kappa shape index (κ2) is 8.35. The number of aromatic nitrogens is 3. The molecular formula is C22H24N4O2. The quantitative estimate of drug-likeness (QED) is 0.740. The van der Waals surface area contributed by atoms with E-state index >= 15 is 0 Å². The zero-order valence-corrected chi connectivity index (χ0v) is 16.0. The Morgan fingerprint density at radius 3 is 2.89 bits per heavy atom. The van der Waals surface area contributed by atoms with Gasteiger partial charge in [0.1, 0.15) is 11.6 Å². The van der Waals surface area contributed by atoms with Crippen molar-refractivity contribution in [3.05, 3.63) is 76.6 Å². The molecule has 1 saturated heterocycles. The van der Waals surface area contributed by atoms with E-state index in [4.69, 9.17) is 9.72 Å². The lowest BCUT2D eigenvalue weighted by molar-refractivity contribution is 0.196. The molecule has 6 nitrogen and oxygen atoms in total. The maximum absolute atomic E-state index is 12.2. The predicted octanol–water partition coefficient (Wildman–Crippen LogP) is 3.22. The van der Waals surface area contributed by atoms with Crippen LogP contribution in [-0.4, -0.2) is 40.1 Å². The number of benzene rings is 1. The van der Waals surface area contributed by atoms with Crippen LogP contribution in [0.25, 0.3) is 11.3 Å². The highest BCUT2D eigenvalue weighted by Gasteiger charge is 2.24. The van der Waals surface area contributed by atoms with Gasteiger partial charge in [-0.1, -0.05) is 12.1 Å². The maximum atomic E-state index is 12.2. The average Bonchev–Trinajstić information content (AvgIpc) is 2.74. The molecule has 1 atom stereocenters. The first-order valence-corrected chi connectivity index (χ1v) is 9.58. The van der Waals surface area contributed by atoms with Gasteiger partial charge < -0.3 is 9.72 Å². The van der Waals surface area contributed by atoms with Crippen LogP contribution in [0, 0.1) is 0 Å². The number of hydrogen-bond acceptors (Lipinski definition) is 5. The summed E-state index contributed by atoms with van der Waals surface area (Å²) in [5.41, 5.74) is 2.73. The molecule has 2 aromatic heterocycles. The van der Waals surface area contributed by atoms with Gasteiger partial charge in [-0.3, -0.25) is 14.7 Å². The standard InChI is InChI=1S/C22H24N4O2/c1-28-19-6-2-4-16(12-19)14-26-11-3-5-18(15-26)22-24-20(13-21(27)25-22)17-7-9-23-10-8-17/h2,4,6-10,12-13,18H,3,5,11,14-15H2,1H3,(H,24,25,27)/t18-/m1/s1. The second-order valence-electron chi connectivity index (χ2n) is 7.18. The minimum atomic E-state index is -0.110. The summed E-state index contributed by atoms with van der Waals surface area (Å²) in [4.78, 5) is 26.4. The third-order valence-corrected chi connectivity index (χ3v) is 5.17. The fourth-order valence-electron chi connectivity index (χ4n) is 3.79. The van der Waals surface area contributed by atoms with Crippen LogP contribution in [0.2, 0.25) is 0 Å². The molecule has 28 heavy (non-hydrogen) atoms. The number of ether oxygens (including phenoxy) is 1. The molecule has 3 heterocycles. The van der Waals surface area contributed by atoms with Gasteiger partial charge in [0.15, 0.2) is 0 Å². The molecule has 0 spiro atoms. The van der Waals surface area contributed by atoms with Crippen molar-refractivity contribution in [3.63, 3.8) is 0 Å². The van der Waals surface area contributed by atoms with Crippen LogP contribution in [-0.2, 0) is 6.54 Å². The number of rotatable bonds is 5. The monoisotopic (exact) mass is 376 g/mol. The lowest BCUT2D eigenvalue weighted by Gasteiger charge is -2.32. The van der Waals surface area contributed by atoms with Gasteiger partial charge in [-0.15, -0.1) is 0 Å². The van der Waals surface area contributed by atoms with E-state index in [-0.39, 0.29) is 11.5 Å². The summed E-state index contributed by atoms with van der Waals surface area (Å²) in [6, 6.07) is 13.5. The van der Waals surface area contributed by atoms with Crippen LogP contribution in [0.1, 0.15) is 30.1 Å². The van der Waals surface area contributed by atoms with Crippen molar-refractivity contribution in [1.29, 1.82) is 0 Å². The lowest BCUT2D eigenvalue weighted by Crippen LogP contribution is -2.35. The largest absolute Gasteiger partial charge is 0.497 e. The highest BCUT2D eigenvalue weighted by molar-refractivity contribution is 5.57. The summed E-state index contributed by atoms with van der Waals surface area (Å²) in [5, 5.41) is 0. The number of likely N-dealkylation sites (tertiary alicyclic amines) is 1. The van der Waals surface area contributed by atoms with Gasteiger partial charge in [-0.05, 0) is 49.2 Å². The molecule has 3 aromatic rings. The van der Waals surface area contributed by atoms with Gasteiger partial charge in [-0.2, -0.15) is 0 Å². The SMILES string of the molecule is COc1cccc(CN2CCC[C@@H](c3nc(-c4ccncc4)cc(=O)[nH]3)C2)c1. The van der Waals surface area contributed by atoms with Crippen molar-refractivity contribution in [2.45, 2.75) is 25.3 Å². The summed E-state index contributed by atoms with van der Waals surface area (Å²) in [5.74, 6) is 1.87. The number of nitrogens with zero attached hydrogens (tertiary/aromatic N) is 3. The van der Waals surface area contributed by atoms with E-state index in [9.17, 15) is 4.79 Å². The van der Waals surface area contributed by atoms with Gasteiger partial charge >= 0.3 is 0 Å². The van der Waals surface area contributed by atoms with Crippen molar-refractivity contribution in [2.24, 2.45) is 0 Å². The molecule has 1 aromatic carbocycles. The van der Waals surface area contributed by atoms with Crippen molar-refractivity contribution >= 4 is 0 Å². The van der Waals surface area contributed by atoms with Crippen molar-refractivity contribution < 1.29 is 4.74 Å². The first-order chi connectivity index (χ1) is 13.7. The molecule has 1 aliphatic heterocycles. The Kier molecular flexibility index (Phi) is 5.48. The zero-order chi connectivity index (χ0) is 19.3. The first kappa shape index (κ1) is 18.4. The summed E-state index contributed by atoms with van der Waals surface area (Å²) >= 11 is 0. The number of piperidine rings is 1. The van der Waals surface area contributed by atoms with Gasteiger partial charge in [0, 0.05) is 43.0 Å². The number of aromatic amines is 1. The average molecular weight is 376 g/mol. The Balaban J connectivity index is 1.53. The molecule has 0 saturated carbocycles. The van der Waals surface area contributed by atoms with Crippen molar-refractivity contribution in [1.82, 2.24) is 19.9 Å². The van der Waals surface area contributed by atoms with E-state index in [0.717, 1.165) is 49.6 Å². The Morgan fingerprint density at radius 2 is 2.07 bits per heavy atom. The molecule has 6 heteroatoms. The summed E-state index contributed by atoms with van der Waals surface area (Å²) in [7, 11) is 1.69. The summed E-state index contributed by atoms with van der Waals surface area (Å²) < 4.78 is 5.33. The minimum absolute atomic E-state index is 0.110. The lowest BCUT2D eigenvalue weighted by atomic mass is 9.96. The number of H-pyrrole nitrogens is 1. The predicted molar refractivity (Wildman–Crippen MR) is 108 cm³/mol. The van der Waals surface area contributed by atoms with Gasteiger partial charge in [0.2, 0.25) is 0 Å². The van der Waals surface area contributed by atoms with Gasteiger partial charge in [0.25, 0.3) is 5.56 Å². The van der Waals surface area contributed by atoms with Crippen molar-refractivity contribution in [2.75, 3.05) is 20.2 Å². The summed E-state index contributed by atoms with van der Waals surface area (Å²) in [6.45, 7) is 2.78. The molecule has 4 rings (SSSR count). The molecule has 1 aliphatic rings. The molecule has 0 radical (unpaired) electrons. The number of hydrogen-bond donors (Lipinski definition) is 1. The number of pyridine rings is 1. The third-order valence-electron chi connectivity index (χ3n) is 5.17. The fraction of sp³-hybridized carbons (Fsp3) is 0.318. The molecule has 0 amide bonds. The first-order valence-electron chi connectivity index (χ1n) is 9.58. The molecule has 1 N–H and O–H groups in total. The van der Waals surface area contributed by atoms with Gasteiger partial charge in [0.05, 0.1) is 12.8 Å². The smallest absolute Gasteiger partial charge is 0.251 e. The van der Waals surface area contributed by atoms with Crippen LogP contribution in [0.3, 0.4) is 0 Å². The van der Waals surface area contributed by atoms with Gasteiger partial charge in [-0.25, -0.2) is 4.98 Å². The fourth-order valence-corrected chi connectivity index (χ4v) is 3.79. The molecule has 144 valence electrons. The topological polar surface area (TPSA) is 71.1 Å². The molecule has 0 unspecified atom stereocenters. The van der Waals surface area contributed by atoms with E-state index in [1.165, 1.54) is 5.56 Å². The minimum Gasteiger partial charge on any atom is -0.497 e. The van der Waals surface area contributed by atoms with Crippen LogP contribution in [0.5, 0.6) is 5.75 Å². The number of methoxy groups -OCH3 is 1. The Hall–Kier alpha value is -2.99. The Bertz CT molecular complexity index is 987. The molecular weight excluding hydrogens is 352 g/mol. The molecule has 0 aliphatic carbocycles. The second-order valence-corrected chi connectivity index (χ2v) is 7.18. The maximum Gasteiger partial charge on any atom is 0.251 e. The highest BCUT2D eigenvalue weighted by Crippen LogP contribution is 2.27. The van der Waals surface area contributed by atoms with E-state index < -0.39 is 0 Å². The molecule has 0 bridgehead atoms. The zero-order valence-electron chi connectivity index (χ0n) is 16.0. The van der Waals surface area contributed by atoms with E-state index in [2.05, 4.69) is 27.0 Å². The normalized spacial score (nSPS) is 17.4. The van der Waals surface area contributed by atoms with Crippen LogP contribution in [0.15, 0.2) is 59.7 Å². The third kappa shape index (κ3) is 4.28.